The van der Waals surface area contributed by atoms with Gasteiger partial charge in [-0.1, -0.05) is 24.3 Å². The van der Waals surface area contributed by atoms with Gasteiger partial charge in [-0.2, -0.15) is 0 Å². The minimum absolute atomic E-state index is 0.0276. The van der Waals surface area contributed by atoms with Crippen molar-refractivity contribution in [1.29, 1.82) is 0 Å². The highest BCUT2D eigenvalue weighted by atomic mass is 16.5. The highest BCUT2D eigenvalue weighted by Gasteiger charge is 2.41. The van der Waals surface area contributed by atoms with Gasteiger partial charge in [0.05, 0.1) is 36.9 Å². The molecule has 1 unspecified atom stereocenters. The first-order valence-corrected chi connectivity index (χ1v) is 20.1. The number of fused-ring (bicyclic) bond motifs is 1. The topological polar surface area (TPSA) is 170 Å². The Bertz CT molecular complexity index is 2320. The molecule has 0 saturated carbocycles. The lowest BCUT2D eigenvalue weighted by molar-refractivity contribution is -0.159. The zero-order valence-corrected chi connectivity index (χ0v) is 33.7. The maximum Gasteiger partial charge on any atom is 0.265 e. The van der Waals surface area contributed by atoms with Crippen molar-refractivity contribution in [3.63, 3.8) is 0 Å². The number of likely N-dealkylation sites (tertiary alicyclic amines) is 1. The second kappa shape index (κ2) is 17.9. The molecule has 0 bridgehead atoms. The van der Waals surface area contributed by atoms with Gasteiger partial charge in [-0.3, -0.25) is 48.9 Å². The third-order valence-electron chi connectivity index (χ3n) is 11.7. The van der Waals surface area contributed by atoms with E-state index in [1.165, 1.54) is 0 Å². The quantitative estimate of drug-likeness (QED) is 0.119. The number of piperidine rings is 2. The number of hydrogen-bond donors (Lipinski definition) is 1. The van der Waals surface area contributed by atoms with Crippen LogP contribution in [0.15, 0.2) is 65.8 Å². The molecule has 3 fully saturated rings. The average molecular weight is 807 g/mol. The van der Waals surface area contributed by atoms with Gasteiger partial charge in [0.1, 0.15) is 17.5 Å². The van der Waals surface area contributed by atoms with Crippen LogP contribution in [0.25, 0.3) is 21.9 Å². The number of aryl methyl sites for hydroxylation is 2. The molecule has 3 aliphatic rings. The molecule has 1 spiro atoms. The van der Waals surface area contributed by atoms with Crippen molar-refractivity contribution in [2.45, 2.75) is 70.1 Å². The van der Waals surface area contributed by atoms with Gasteiger partial charge in [-0.25, -0.2) is 0 Å². The molecule has 3 aliphatic heterocycles. The molecule has 0 aliphatic carbocycles. The largest absolute Gasteiger partial charge is 0.496 e. The van der Waals surface area contributed by atoms with Crippen molar-refractivity contribution in [1.82, 2.24) is 29.6 Å². The zero-order chi connectivity index (χ0) is 41.7. The van der Waals surface area contributed by atoms with E-state index in [4.69, 9.17) is 14.2 Å². The Kier molecular flexibility index (Phi) is 12.5. The van der Waals surface area contributed by atoms with Crippen LogP contribution in [0.2, 0.25) is 0 Å². The van der Waals surface area contributed by atoms with E-state index < -0.39 is 29.4 Å². The lowest BCUT2D eigenvalue weighted by Crippen LogP contribution is -2.57. The summed E-state index contributed by atoms with van der Waals surface area (Å²) in [5.74, 6) is -0.679. The summed E-state index contributed by atoms with van der Waals surface area (Å²) in [4.78, 5) is 85.0. The number of methoxy groups -OCH3 is 1. The average Bonchev–Trinajstić information content (AvgIpc) is 3.24. The molecular weight excluding hydrogens is 757 g/mol. The highest BCUT2D eigenvalue weighted by Crippen LogP contribution is 2.35. The van der Waals surface area contributed by atoms with Gasteiger partial charge in [-0.05, 0) is 73.7 Å². The summed E-state index contributed by atoms with van der Waals surface area (Å²) in [5, 5.41) is 3.60. The molecule has 0 radical (unpaired) electrons. The van der Waals surface area contributed by atoms with E-state index in [-0.39, 0.29) is 42.2 Å². The van der Waals surface area contributed by atoms with E-state index in [2.05, 4.69) is 27.3 Å². The predicted octanol–water partition coefficient (Wildman–Crippen LogP) is 3.76. The van der Waals surface area contributed by atoms with E-state index in [1.807, 2.05) is 23.2 Å². The standard InChI is InChI=1S/C44H50N6O9/c1-29-7-6-8-36(40(29)43(56)50(28-51)35-12-13-38(52)46-41(35)54)58-21-5-4-9-39(53)49-20-22-59-44(27-49)15-18-48(19-16-44)25-31-11-10-30(23-37(31)57-3)34-26-47(2)42(55)33-24-45-17-14-32(33)34/h6-8,10-11,14,17,23-24,26,28,35H,4-5,9,12-13,15-16,18-22,25,27H2,1-3H3,(H,46,52,54). The summed E-state index contributed by atoms with van der Waals surface area (Å²) in [6, 6.07) is 12.1. The molecule has 1 N–H and O–H groups in total. The number of unbranched alkanes of at least 4 members (excludes halogenated alkanes) is 1. The first-order chi connectivity index (χ1) is 28.5. The molecule has 15 heteroatoms. The number of pyridine rings is 2. The SMILES string of the molecule is COc1cc(-c2cn(C)c(=O)c3cnccc23)ccc1CN1CCC2(CC1)CN(C(=O)CCCCOc1cccc(C)c1C(=O)N(C=O)C1CCC(=O)NC1=O)CCO2. The first kappa shape index (κ1) is 41.2. The lowest BCUT2D eigenvalue weighted by atomic mass is 9.89. The maximum atomic E-state index is 13.5. The number of rotatable bonds is 13. The van der Waals surface area contributed by atoms with Gasteiger partial charge in [0.25, 0.3) is 11.5 Å². The van der Waals surface area contributed by atoms with Crippen molar-refractivity contribution in [2.24, 2.45) is 7.05 Å². The van der Waals surface area contributed by atoms with Crippen LogP contribution in [-0.2, 0) is 37.5 Å². The normalized spacial score (nSPS) is 18.1. The molecule has 2 aromatic heterocycles. The molecule has 7 rings (SSSR count). The van der Waals surface area contributed by atoms with Crippen LogP contribution in [0.3, 0.4) is 0 Å². The van der Waals surface area contributed by atoms with Crippen molar-refractivity contribution in [3.05, 3.63) is 88.1 Å². The fourth-order valence-electron chi connectivity index (χ4n) is 8.40. The van der Waals surface area contributed by atoms with E-state index >= 15 is 0 Å². The lowest BCUT2D eigenvalue weighted by Gasteiger charge is -2.47. The summed E-state index contributed by atoms with van der Waals surface area (Å²) >= 11 is 0. The molecule has 310 valence electrons. The Hall–Kier alpha value is -5.93. The molecule has 59 heavy (non-hydrogen) atoms. The second-order valence-electron chi connectivity index (χ2n) is 15.6. The molecule has 3 saturated heterocycles. The highest BCUT2D eigenvalue weighted by molar-refractivity contribution is 6.08. The number of hydrogen-bond acceptors (Lipinski definition) is 11. The van der Waals surface area contributed by atoms with Crippen LogP contribution in [0.1, 0.15) is 66.4 Å². The second-order valence-corrected chi connectivity index (χ2v) is 15.6. The fraction of sp³-hybridized carbons (Fsp3) is 0.432. The summed E-state index contributed by atoms with van der Waals surface area (Å²) in [5.41, 5.74) is 3.21. The van der Waals surface area contributed by atoms with Crippen molar-refractivity contribution >= 4 is 40.8 Å². The number of carbonyl (C=O) groups excluding carboxylic acids is 5. The molecule has 15 nitrogen and oxygen atoms in total. The van der Waals surface area contributed by atoms with Gasteiger partial charge in [0.2, 0.25) is 24.1 Å². The number of imide groups is 2. The van der Waals surface area contributed by atoms with Crippen LogP contribution in [0, 0.1) is 6.92 Å². The molecule has 1 atom stereocenters. The first-order valence-electron chi connectivity index (χ1n) is 20.1. The molecule has 4 aromatic rings. The third kappa shape index (κ3) is 8.91. The Morgan fingerprint density at radius 3 is 2.63 bits per heavy atom. The zero-order valence-electron chi connectivity index (χ0n) is 33.7. The van der Waals surface area contributed by atoms with Crippen LogP contribution in [0.4, 0.5) is 0 Å². The van der Waals surface area contributed by atoms with Crippen LogP contribution in [-0.4, -0.2) is 112 Å². The number of ether oxygens (including phenoxy) is 3. The van der Waals surface area contributed by atoms with E-state index in [0.717, 1.165) is 58.7 Å². The van der Waals surface area contributed by atoms with E-state index in [9.17, 15) is 28.8 Å². The Morgan fingerprint density at radius 1 is 1.05 bits per heavy atom. The summed E-state index contributed by atoms with van der Waals surface area (Å²) in [6.45, 7) is 5.87. The number of nitrogens with zero attached hydrogens (tertiary/aromatic N) is 5. The minimum Gasteiger partial charge on any atom is -0.496 e. The van der Waals surface area contributed by atoms with Crippen molar-refractivity contribution < 1.29 is 38.2 Å². The molecular formula is C44H50N6O9. The van der Waals surface area contributed by atoms with Crippen molar-refractivity contribution in [3.8, 4) is 22.6 Å². The minimum atomic E-state index is -1.09. The van der Waals surface area contributed by atoms with E-state index in [1.54, 1.807) is 56.2 Å². The van der Waals surface area contributed by atoms with Crippen LogP contribution < -0.4 is 20.3 Å². The molecule has 2 aromatic carbocycles. The van der Waals surface area contributed by atoms with Gasteiger partial charge in [-0.15, -0.1) is 0 Å². The van der Waals surface area contributed by atoms with Crippen LogP contribution >= 0.6 is 0 Å². The molecule has 5 heterocycles. The number of carbonyl (C=O) groups is 5. The number of amides is 5. The monoisotopic (exact) mass is 806 g/mol. The fourth-order valence-corrected chi connectivity index (χ4v) is 8.40. The Labute approximate surface area is 342 Å². The maximum absolute atomic E-state index is 13.5. The third-order valence-corrected chi connectivity index (χ3v) is 11.7. The van der Waals surface area contributed by atoms with E-state index in [0.29, 0.717) is 62.9 Å². The summed E-state index contributed by atoms with van der Waals surface area (Å²) < 4.78 is 19.8. The molecule has 5 amide bonds. The predicted molar refractivity (Wildman–Crippen MR) is 218 cm³/mol. The Balaban J connectivity index is 0.893. The van der Waals surface area contributed by atoms with Gasteiger partial charge in [0, 0.05) is 82.3 Å². The summed E-state index contributed by atoms with van der Waals surface area (Å²) in [7, 11) is 3.42. The van der Waals surface area contributed by atoms with Gasteiger partial charge < -0.3 is 23.7 Å². The van der Waals surface area contributed by atoms with Crippen molar-refractivity contribution in [2.75, 3.05) is 46.5 Å². The van der Waals surface area contributed by atoms with Gasteiger partial charge in [0.15, 0.2) is 0 Å². The number of benzene rings is 2. The van der Waals surface area contributed by atoms with Crippen LogP contribution in [0.5, 0.6) is 11.5 Å². The summed E-state index contributed by atoms with van der Waals surface area (Å²) in [6.07, 6.45) is 8.64. The Morgan fingerprint density at radius 2 is 1.86 bits per heavy atom. The van der Waals surface area contributed by atoms with Gasteiger partial charge >= 0.3 is 0 Å². The smallest absolute Gasteiger partial charge is 0.265 e. The number of nitrogens with one attached hydrogen (secondary N) is 1. The number of aromatic nitrogens is 2. The number of morpholine rings is 1.